The molecule has 0 aromatic carbocycles. The molecule has 1 heterocycles. The van der Waals surface area contributed by atoms with Crippen molar-refractivity contribution < 1.29 is 5.11 Å². The third-order valence-electron chi connectivity index (χ3n) is 2.19. The topological polar surface area (TPSA) is 62.4 Å². The van der Waals surface area contributed by atoms with Gasteiger partial charge in [0.25, 0.3) is 0 Å². The Hall–Kier alpha value is -0.970. The Kier molecular flexibility index (Phi) is 4.00. The number of pyridine rings is 1. The molecule has 0 aliphatic heterocycles. The van der Waals surface area contributed by atoms with Crippen LogP contribution in [-0.2, 0) is 0 Å². The zero-order chi connectivity index (χ0) is 10.6. The second-order valence-corrected chi connectivity index (χ2v) is 3.50. The Bertz CT molecular complexity index is 263. The van der Waals surface area contributed by atoms with Crippen molar-refractivity contribution >= 4 is 0 Å². The number of aliphatic hydroxyl groups excluding tert-OH is 1. The Morgan fingerprint density at radius 1 is 1.57 bits per heavy atom. The van der Waals surface area contributed by atoms with Crippen molar-refractivity contribution in [3.8, 4) is 0 Å². The molecule has 14 heavy (non-hydrogen) atoms. The van der Waals surface area contributed by atoms with E-state index in [0.29, 0.717) is 0 Å². The fourth-order valence-electron chi connectivity index (χ4n) is 1.54. The molecule has 0 saturated carbocycles. The zero-order valence-electron chi connectivity index (χ0n) is 8.59. The number of aliphatic hydroxyl groups is 1. The van der Waals surface area contributed by atoms with E-state index in [1.807, 2.05) is 31.1 Å². The third-order valence-corrected chi connectivity index (χ3v) is 2.19. The maximum Gasteiger partial charge on any atom is 0.0859 e. The minimum Gasteiger partial charge on any atom is -0.390 e. The van der Waals surface area contributed by atoms with Crippen molar-refractivity contribution in [1.29, 1.82) is 0 Å². The van der Waals surface area contributed by atoms with Crippen molar-refractivity contribution in [1.82, 2.24) is 9.88 Å². The quantitative estimate of drug-likeness (QED) is 0.710. The molecule has 0 amide bonds. The number of hydrogen-bond donors (Lipinski definition) is 2. The first-order chi connectivity index (χ1) is 6.66. The lowest BCUT2D eigenvalue weighted by molar-refractivity contribution is 0.0821. The van der Waals surface area contributed by atoms with Gasteiger partial charge in [-0.3, -0.25) is 9.88 Å². The van der Waals surface area contributed by atoms with E-state index in [0.717, 1.165) is 5.56 Å². The molecule has 78 valence electrons. The molecular weight excluding hydrogens is 178 g/mol. The Balaban J connectivity index is 2.89. The van der Waals surface area contributed by atoms with Crippen molar-refractivity contribution in [2.45, 2.75) is 12.1 Å². The molecule has 0 saturated heterocycles. The van der Waals surface area contributed by atoms with Gasteiger partial charge in [0.1, 0.15) is 0 Å². The van der Waals surface area contributed by atoms with E-state index < -0.39 is 6.10 Å². The normalized spacial score (nSPS) is 15.5. The molecule has 3 N–H and O–H groups in total. The second-order valence-electron chi connectivity index (χ2n) is 3.50. The minimum absolute atomic E-state index is 0.0892. The summed E-state index contributed by atoms with van der Waals surface area (Å²) in [6.45, 7) is 0.248. The average Bonchev–Trinajstić information content (AvgIpc) is 2.19. The standard InChI is InChI=1S/C10H17N3O/c1-13(2)10(9(14)6-11)8-4-3-5-12-7-8/h3-5,7,9-10,14H,6,11H2,1-2H3. The third kappa shape index (κ3) is 2.51. The van der Waals surface area contributed by atoms with Gasteiger partial charge in [-0.05, 0) is 25.7 Å². The van der Waals surface area contributed by atoms with Gasteiger partial charge in [-0.1, -0.05) is 6.07 Å². The molecule has 0 fully saturated rings. The van der Waals surface area contributed by atoms with Crippen molar-refractivity contribution in [2.75, 3.05) is 20.6 Å². The summed E-state index contributed by atoms with van der Waals surface area (Å²) in [6.07, 6.45) is 2.91. The van der Waals surface area contributed by atoms with Gasteiger partial charge in [-0.2, -0.15) is 0 Å². The van der Waals surface area contributed by atoms with E-state index in [-0.39, 0.29) is 12.6 Å². The van der Waals surface area contributed by atoms with Gasteiger partial charge < -0.3 is 10.8 Å². The molecule has 1 aromatic heterocycles. The molecule has 0 bridgehead atoms. The van der Waals surface area contributed by atoms with E-state index in [4.69, 9.17) is 5.73 Å². The maximum absolute atomic E-state index is 9.75. The van der Waals surface area contributed by atoms with Crippen LogP contribution in [0.15, 0.2) is 24.5 Å². The van der Waals surface area contributed by atoms with E-state index >= 15 is 0 Å². The molecule has 0 spiro atoms. The first-order valence-electron chi connectivity index (χ1n) is 4.61. The van der Waals surface area contributed by atoms with Gasteiger partial charge in [-0.25, -0.2) is 0 Å². The Morgan fingerprint density at radius 3 is 2.71 bits per heavy atom. The SMILES string of the molecule is CN(C)C(c1cccnc1)C(O)CN. The number of nitrogens with zero attached hydrogens (tertiary/aromatic N) is 2. The first-order valence-corrected chi connectivity index (χ1v) is 4.61. The second kappa shape index (κ2) is 5.05. The first kappa shape index (κ1) is 11.1. The highest BCUT2D eigenvalue weighted by Crippen LogP contribution is 2.20. The maximum atomic E-state index is 9.75. The Labute approximate surface area is 84.4 Å². The molecule has 1 rings (SSSR count). The summed E-state index contributed by atoms with van der Waals surface area (Å²) in [4.78, 5) is 5.97. The van der Waals surface area contributed by atoms with Crippen LogP contribution in [0.1, 0.15) is 11.6 Å². The molecule has 2 atom stereocenters. The summed E-state index contributed by atoms with van der Waals surface area (Å²) in [5.41, 5.74) is 6.43. The number of aromatic nitrogens is 1. The lowest BCUT2D eigenvalue weighted by atomic mass is 10.0. The lowest BCUT2D eigenvalue weighted by Crippen LogP contribution is -2.36. The molecule has 1 aromatic rings. The summed E-state index contributed by atoms with van der Waals surface area (Å²) >= 11 is 0. The highest BCUT2D eigenvalue weighted by molar-refractivity contribution is 5.15. The summed E-state index contributed by atoms with van der Waals surface area (Å²) in [7, 11) is 3.83. The monoisotopic (exact) mass is 195 g/mol. The summed E-state index contributed by atoms with van der Waals surface area (Å²) in [5, 5.41) is 9.75. The van der Waals surface area contributed by atoms with Crippen molar-refractivity contribution in [3.05, 3.63) is 30.1 Å². The van der Waals surface area contributed by atoms with E-state index in [1.54, 1.807) is 12.4 Å². The molecule has 4 heteroatoms. The molecular formula is C10H17N3O. The van der Waals surface area contributed by atoms with Crippen LogP contribution in [-0.4, -0.2) is 41.7 Å². The number of hydrogen-bond acceptors (Lipinski definition) is 4. The predicted molar refractivity (Wildman–Crippen MR) is 55.7 cm³/mol. The van der Waals surface area contributed by atoms with Crippen molar-refractivity contribution in [3.63, 3.8) is 0 Å². The van der Waals surface area contributed by atoms with Crippen LogP contribution in [0, 0.1) is 0 Å². The largest absolute Gasteiger partial charge is 0.390 e. The molecule has 2 unspecified atom stereocenters. The molecule has 0 radical (unpaired) electrons. The highest BCUT2D eigenvalue weighted by Gasteiger charge is 2.21. The summed E-state index contributed by atoms with van der Waals surface area (Å²) in [6, 6.07) is 3.71. The lowest BCUT2D eigenvalue weighted by Gasteiger charge is -2.28. The average molecular weight is 195 g/mol. The van der Waals surface area contributed by atoms with Crippen molar-refractivity contribution in [2.24, 2.45) is 5.73 Å². The number of rotatable bonds is 4. The fourth-order valence-corrected chi connectivity index (χ4v) is 1.54. The summed E-state index contributed by atoms with van der Waals surface area (Å²) < 4.78 is 0. The van der Waals surface area contributed by atoms with E-state index in [2.05, 4.69) is 4.98 Å². The van der Waals surface area contributed by atoms with E-state index in [9.17, 15) is 5.11 Å². The van der Waals surface area contributed by atoms with Gasteiger partial charge in [0, 0.05) is 18.9 Å². The predicted octanol–water partition coefficient (Wildman–Crippen LogP) is 0.00390. The van der Waals surface area contributed by atoms with Gasteiger partial charge >= 0.3 is 0 Å². The molecule has 0 aliphatic rings. The van der Waals surface area contributed by atoms with Gasteiger partial charge in [0.2, 0.25) is 0 Å². The minimum atomic E-state index is -0.561. The van der Waals surface area contributed by atoms with Gasteiger partial charge in [0.15, 0.2) is 0 Å². The van der Waals surface area contributed by atoms with Crippen LogP contribution in [0.4, 0.5) is 0 Å². The van der Waals surface area contributed by atoms with Crippen LogP contribution in [0.2, 0.25) is 0 Å². The molecule has 4 nitrogen and oxygen atoms in total. The van der Waals surface area contributed by atoms with Gasteiger partial charge in [0.05, 0.1) is 12.1 Å². The number of likely N-dealkylation sites (N-methyl/N-ethyl adjacent to an activating group) is 1. The van der Waals surface area contributed by atoms with Gasteiger partial charge in [-0.15, -0.1) is 0 Å². The van der Waals surface area contributed by atoms with Crippen LogP contribution < -0.4 is 5.73 Å². The summed E-state index contributed by atoms with van der Waals surface area (Å²) in [5.74, 6) is 0. The highest BCUT2D eigenvalue weighted by atomic mass is 16.3. The van der Waals surface area contributed by atoms with Crippen LogP contribution in [0.3, 0.4) is 0 Å². The fraction of sp³-hybridized carbons (Fsp3) is 0.500. The Morgan fingerprint density at radius 2 is 2.29 bits per heavy atom. The number of nitrogens with two attached hydrogens (primary N) is 1. The smallest absolute Gasteiger partial charge is 0.0859 e. The zero-order valence-corrected chi connectivity index (χ0v) is 8.59. The van der Waals surface area contributed by atoms with E-state index in [1.165, 1.54) is 0 Å². The van der Waals surface area contributed by atoms with Crippen LogP contribution in [0.25, 0.3) is 0 Å². The van der Waals surface area contributed by atoms with Crippen LogP contribution >= 0.6 is 0 Å². The van der Waals surface area contributed by atoms with Crippen LogP contribution in [0.5, 0.6) is 0 Å². The molecule has 0 aliphatic carbocycles.